The quantitative estimate of drug-likeness (QED) is 0.880. The van der Waals surface area contributed by atoms with E-state index in [1.807, 2.05) is 30.3 Å². The van der Waals surface area contributed by atoms with Crippen LogP contribution in [-0.2, 0) is 16.6 Å². The number of halogens is 1. The van der Waals surface area contributed by atoms with E-state index in [9.17, 15) is 8.42 Å². The molecule has 0 bridgehead atoms. The van der Waals surface area contributed by atoms with Gasteiger partial charge in [0.25, 0.3) is 0 Å². The van der Waals surface area contributed by atoms with E-state index < -0.39 is 10.0 Å². The smallest absolute Gasteiger partial charge is 0.242 e. The first-order chi connectivity index (χ1) is 9.89. The Morgan fingerprint density at radius 1 is 1.10 bits per heavy atom. The van der Waals surface area contributed by atoms with Gasteiger partial charge in [-0.05, 0) is 35.9 Å². The molecule has 0 amide bonds. The topological polar surface area (TPSA) is 49.4 Å². The van der Waals surface area contributed by atoms with Gasteiger partial charge in [-0.25, -0.2) is 12.7 Å². The molecule has 2 aromatic rings. The number of anilines is 1. The molecule has 0 heterocycles. The lowest BCUT2D eigenvalue weighted by molar-refractivity contribution is 0.520. The van der Waals surface area contributed by atoms with Gasteiger partial charge in [0.15, 0.2) is 0 Å². The molecule has 112 valence electrons. The zero-order valence-corrected chi connectivity index (χ0v) is 14.3. The summed E-state index contributed by atoms with van der Waals surface area (Å²) in [5.74, 6) is 0. The summed E-state index contributed by atoms with van der Waals surface area (Å²) in [4.78, 5) is 0.307. The highest BCUT2D eigenvalue weighted by Crippen LogP contribution is 2.18. The highest BCUT2D eigenvalue weighted by molar-refractivity contribution is 9.10. The van der Waals surface area contributed by atoms with Crippen LogP contribution in [0.4, 0.5) is 5.69 Å². The van der Waals surface area contributed by atoms with Gasteiger partial charge in [-0.3, -0.25) is 0 Å². The van der Waals surface area contributed by atoms with E-state index in [1.54, 1.807) is 18.2 Å². The minimum atomic E-state index is -3.39. The van der Waals surface area contributed by atoms with Crippen molar-refractivity contribution >= 4 is 31.6 Å². The first-order valence-corrected chi connectivity index (χ1v) is 8.64. The molecule has 0 saturated heterocycles. The van der Waals surface area contributed by atoms with Crippen LogP contribution in [0.2, 0.25) is 0 Å². The van der Waals surface area contributed by atoms with E-state index in [4.69, 9.17) is 0 Å². The first kappa shape index (κ1) is 16.0. The zero-order valence-electron chi connectivity index (χ0n) is 11.9. The maximum Gasteiger partial charge on any atom is 0.242 e. The second kappa shape index (κ2) is 6.60. The van der Waals surface area contributed by atoms with Crippen molar-refractivity contribution in [3.63, 3.8) is 0 Å². The van der Waals surface area contributed by atoms with Crippen LogP contribution in [0.5, 0.6) is 0 Å². The fourth-order valence-electron chi connectivity index (χ4n) is 1.83. The number of nitrogens with one attached hydrogen (secondary N) is 1. The van der Waals surface area contributed by atoms with Crippen molar-refractivity contribution in [3.8, 4) is 0 Å². The van der Waals surface area contributed by atoms with Crippen molar-refractivity contribution in [2.24, 2.45) is 0 Å². The van der Waals surface area contributed by atoms with Gasteiger partial charge in [0.2, 0.25) is 10.0 Å². The number of benzene rings is 2. The molecule has 0 aliphatic carbocycles. The van der Waals surface area contributed by atoms with E-state index in [2.05, 4.69) is 21.2 Å². The van der Waals surface area contributed by atoms with Crippen LogP contribution in [0.15, 0.2) is 57.9 Å². The van der Waals surface area contributed by atoms with Crippen molar-refractivity contribution in [3.05, 3.63) is 58.6 Å². The fraction of sp³-hybridized carbons (Fsp3) is 0.200. The Hall–Kier alpha value is -1.37. The lowest BCUT2D eigenvalue weighted by atomic mass is 10.2. The highest BCUT2D eigenvalue weighted by Gasteiger charge is 2.16. The molecule has 0 radical (unpaired) electrons. The van der Waals surface area contributed by atoms with Gasteiger partial charge < -0.3 is 5.32 Å². The van der Waals surface area contributed by atoms with Gasteiger partial charge >= 0.3 is 0 Å². The largest absolute Gasteiger partial charge is 0.381 e. The Morgan fingerprint density at radius 2 is 1.81 bits per heavy atom. The molecule has 0 unspecified atom stereocenters. The predicted octanol–water partition coefficient (Wildman–Crippen LogP) is 3.31. The number of nitrogens with zero attached hydrogens (tertiary/aromatic N) is 1. The Balaban J connectivity index is 2.15. The Bertz CT molecular complexity index is 730. The van der Waals surface area contributed by atoms with Crippen LogP contribution >= 0.6 is 15.9 Å². The molecule has 0 aromatic heterocycles. The van der Waals surface area contributed by atoms with E-state index in [0.717, 1.165) is 15.7 Å². The summed E-state index contributed by atoms with van der Waals surface area (Å²) in [6.07, 6.45) is 0. The molecule has 0 atom stereocenters. The average molecular weight is 369 g/mol. The fourth-order valence-corrected chi connectivity index (χ4v) is 3.20. The molecule has 1 N–H and O–H groups in total. The van der Waals surface area contributed by atoms with Crippen molar-refractivity contribution < 1.29 is 8.42 Å². The molecule has 21 heavy (non-hydrogen) atoms. The van der Waals surface area contributed by atoms with Crippen LogP contribution in [0.3, 0.4) is 0 Å². The lowest BCUT2D eigenvalue weighted by Gasteiger charge is -2.13. The molecule has 0 aliphatic rings. The van der Waals surface area contributed by atoms with Gasteiger partial charge in [0.05, 0.1) is 4.90 Å². The second-order valence-electron chi connectivity index (χ2n) is 4.80. The van der Waals surface area contributed by atoms with Gasteiger partial charge in [-0.1, -0.05) is 34.1 Å². The van der Waals surface area contributed by atoms with Crippen molar-refractivity contribution in [2.75, 3.05) is 19.4 Å². The number of hydrogen-bond donors (Lipinski definition) is 1. The van der Waals surface area contributed by atoms with Gasteiger partial charge in [-0.15, -0.1) is 0 Å². The summed E-state index contributed by atoms with van der Waals surface area (Å²) in [5, 5.41) is 3.27. The Kier molecular flexibility index (Phi) is 5.03. The van der Waals surface area contributed by atoms with E-state index in [1.165, 1.54) is 18.4 Å². The molecule has 0 spiro atoms. The summed E-state index contributed by atoms with van der Waals surface area (Å²) in [6, 6.07) is 14.8. The van der Waals surface area contributed by atoms with Crippen molar-refractivity contribution in [1.82, 2.24) is 4.31 Å². The molecule has 4 nitrogen and oxygen atoms in total. The number of sulfonamides is 1. The predicted molar refractivity (Wildman–Crippen MR) is 88.8 cm³/mol. The van der Waals surface area contributed by atoms with Crippen molar-refractivity contribution in [2.45, 2.75) is 11.4 Å². The highest BCUT2D eigenvalue weighted by atomic mass is 79.9. The van der Waals surface area contributed by atoms with Crippen LogP contribution < -0.4 is 5.32 Å². The van der Waals surface area contributed by atoms with E-state index in [-0.39, 0.29) is 0 Å². The van der Waals surface area contributed by atoms with Crippen LogP contribution in [0, 0.1) is 0 Å². The van der Waals surface area contributed by atoms with Gasteiger partial charge in [-0.2, -0.15) is 0 Å². The summed E-state index contributed by atoms with van der Waals surface area (Å²) < 4.78 is 26.4. The molecule has 0 aliphatic heterocycles. The summed E-state index contributed by atoms with van der Waals surface area (Å²) in [5.41, 5.74) is 1.89. The Labute approximate surface area is 134 Å². The third kappa shape index (κ3) is 4.06. The van der Waals surface area contributed by atoms with E-state index in [0.29, 0.717) is 11.4 Å². The first-order valence-electron chi connectivity index (χ1n) is 6.40. The molecule has 2 rings (SSSR count). The van der Waals surface area contributed by atoms with Crippen LogP contribution in [-0.4, -0.2) is 26.8 Å². The zero-order chi connectivity index (χ0) is 15.5. The summed E-state index contributed by atoms with van der Waals surface area (Å²) in [7, 11) is -0.332. The molecule has 6 heteroatoms. The molecule has 0 saturated carbocycles. The maximum atomic E-state index is 12.1. The summed E-state index contributed by atoms with van der Waals surface area (Å²) >= 11 is 3.42. The maximum absolute atomic E-state index is 12.1. The van der Waals surface area contributed by atoms with Gasteiger partial charge in [0, 0.05) is 30.8 Å². The minimum absolute atomic E-state index is 0.307. The normalized spacial score (nSPS) is 11.6. The van der Waals surface area contributed by atoms with Crippen LogP contribution in [0.1, 0.15) is 5.56 Å². The average Bonchev–Trinajstić information content (AvgIpc) is 2.45. The molecule has 2 aromatic carbocycles. The third-order valence-corrected chi connectivity index (χ3v) is 5.30. The second-order valence-corrected chi connectivity index (χ2v) is 7.87. The standard InChI is InChI=1S/C15H17BrN2O2S/c1-18(2)21(19,20)15-8-3-5-12(9-15)11-17-14-7-4-6-13(16)10-14/h3-10,17H,11H2,1-2H3. The SMILES string of the molecule is CN(C)S(=O)(=O)c1cccc(CNc2cccc(Br)c2)c1. The Morgan fingerprint density at radius 3 is 2.48 bits per heavy atom. The molecule has 0 fully saturated rings. The third-order valence-electron chi connectivity index (χ3n) is 3.00. The molecular formula is C15H17BrN2O2S. The number of hydrogen-bond acceptors (Lipinski definition) is 3. The summed E-state index contributed by atoms with van der Waals surface area (Å²) in [6.45, 7) is 0.563. The number of rotatable bonds is 5. The molecular weight excluding hydrogens is 352 g/mol. The van der Waals surface area contributed by atoms with Gasteiger partial charge in [0.1, 0.15) is 0 Å². The lowest BCUT2D eigenvalue weighted by Crippen LogP contribution is -2.22. The van der Waals surface area contributed by atoms with Crippen LogP contribution in [0.25, 0.3) is 0 Å². The monoisotopic (exact) mass is 368 g/mol. The van der Waals surface area contributed by atoms with E-state index >= 15 is 0 Å². The van der Waals surface area contributed by atoms with Crippen molar-refractivity contribution in [1.29, 1.82) is 0 Å². The minimum Gasteiger partial charge on any atom is -0.381 e.